The smallest absolute Gasteiger partial charge is 0.230 e. The molecule has 0 aromatic carbocycles. The van der Waals surface area contributed by atoms with Crippen LogP contribution in [0.15, 0.2) is 0 Å². The highest BCUT2D eigenvalue weighted by atomic mass is 32.2. The van der Waals surface area contributed by atoms with Crippen LogP contribution in [0.1, 0.15) is 20.3 Å². The molecule has 116 valence electrons. The van der Waals surface area contributed by atoms with Gasteiger partial charge in [-0.2, -0.15) is 4.31 Å². The molecule has 2 rings (SSSR count). The number of nitrogens with one attached hydrogen (secondary N) is 1. The van der Waals surface area contributed by atoms with Crippen molar-refractivity contribution in [3.8, 4) is 0 Å². The average Bonchev–Trinajstić information content (AvgIpc) is 2.87. The quantitative estimate of drug-likeness (QED) is 0.779. The molecule has 2 heterocycles. The summed E-state index contributed by atoms with van der Waals surface area (Å²) in [6, 6.07) is 0. The van der Waals surface area contributed by atoms with E-state index < -0.39 is 10.0 Å². The number of carbonyl (C=O) groups is 1. The summed E-state index contributed by atoms with van der Waals surface area (Å²) in [5.41, 5.74) is -0.312. The maximum atomic E-state index is 12.8. The van der Waals surface area contributed by atoms with Crippen molar-refractivity contribution in [2.75, 3.05) is 45.5 Å². The second-order valence-electron chi connectivity index (χ2n) is 6.19. The van der Waals surface area contributed by atoms with Gasteiger partial charge in [-0.15, -0.1) is 0 Å². The van der Waals surface area contributed by atoms with E-state index in [1.807, 2.05) is 4.90 Å². The number of nitrogens with zero attached hydrogens (tertiary/aromatic N) is 2. The van der Waals surface area contributed by atoms with Crippen molar-refractivity contribution in [3.05, 3.63) is 0 Å². The van der Waals surface area contributed by atoms with Gasteiger partial charge in [-0.3, -0.25) is 4.79 Å². The fourth-order valence-electron chi connectivity index (χ4n) is 3.17. The van der Waals surface area contributed by atoms with Gasteiger partial charge in [-0.1, -0.05) is 13.8 Å². The second-order valence-corrected chi connectivity index (χ2v) is 8.17. The molecule has 2 aliphatic heterocycles. The van der Waals surface area contributed by atoms with Gasteiger partial charge in [-0.25, -0.2) is 8.42 Å². The third-order valence-corrected chi connectivity index (χ3v) is 6.02. The zero-order valence-corrected chi connectivity index (χ0v) is 13.4. The maximum absolute atomic E-state index is 12.8. The lowest BCUT2D eigenvalue weighted by atomic mass is 9.75. The lowest BCUT2D eigenvalue weighted by Gasteiger charge is -2.40. The summed E-state index contributed by atoms with van der Waals surface area (Å²) in [4.78, 5) is 14.7. The molecule has 2 fully saturated rings. The molecule has 6 nitrogen and oxygen atoms in total. The van der Waals surface area contributed by atoms with Crippen molar-refractivity contribution >= 4 is 15.9 Å². The summed E-state index contributed by atoms with van der Waals surface area (Å²) in [5.74, 6) is 0.476. The molecule has 0 spiro atoms. The van der Waals surface area contributed by atoms with Crippen LogP contribution in [0.4, 0.5) is 0 Å². The van der Waals surface area contributed by atoms with Crippen LogP contribution in [0.25, 0.3) is 0 Å². The van der Waals surface area contributed by atoms with Gasteiger partial charge in [0.05, 0.1) is 11.7 Å². The molecule has 0 aliphatic carbocycles. The van der Waals surface area contributed by atoms with Crippen LogP contribution >= 0.6 is 0 Å². The van der Waals surface area contributed by atoms with Gasteiger partial charge in [-0.05, 0) is 18.9 Å². The summed E-state index contributed by atoms with van der Waals surface area (Å²) in [6.45, 7) is 7.62. The number of rotatable bonds is 3. The standard InChI is InChI=1S/C13H25N3O3S/c1-11(2)13(4-5-14-10-13)12(17)15-6-8-16(9-7-15)20(3,18)19/h11,14H,4-10H2,1-3H3. The molecule has 1 atom stereocenters. The Hall–Kier alpha value is -0.660. The molecule has 0 aromatic rings. The predicted molar refractivity (Wildman–Crippen MR) is 77.8 cm³/mol. The minimum atomic E-state index is -3.14. The van der Waals surface area contributed by atoms with Gasteiger partial charge >= 0.3 is 0 Å². The van der Waals surface area contributed by atoms with E-state index in [1.54, 1.807) is 0 Å². The Morgan fingerprint density at radius 2 is 1.80 bits per heavy atom. The van der Waals surface area contributed by atoms with E-state index in [9.17, 15) is 13.2 Å². The van der Waals surface area contributed by atoms with Gasteiger partial charge in [0.2, 0.25) is 15.9 Å². The number of piperazine rings is 1. The Kier molecular flexibility index (Phi) is 4.41. The molecule has 0 saturated carbocycles. The van der Waals surface area contributed by atoms with E-state index in [0.717, 1.165) is 19.5 Å². The van der Waals surface area contributed by atoms with Crippen LogP contribution in [0, 0.1) is 11.3 Å². The summed E-state index contributed by atoms with van der Waals surface area (Å²) in [5, 5.41) is 3.29. The second kappa shape index (κ2) is 5.61. The number of carbonyl (C=O) groups excluding carboxylic acids is 1. The fourth-order valence-corrected chi connectivity index (χ4v) is 4.00. The number of hydrogen-bond acceptors (Lipinski definition) is 4. The van der Waals surface area contributed by atoms with Crippen molar-refractivity contribution in [1.29, 1.82) is 0 Å². The first-order valence-electron chi connectivity index (χ1n) is 7.22. The van der Waals surface area contributed by atoms with E-state index >= 15 is 0 Å². The van der Waals surface area contributed by atoms with E-state index in [-0.39, 0.29) is 17.2 Å². The van der Waals surface area contributed by atoms with Crippen molar-refractivity contribution in [2.45, 2.75) is 20.3 Å². The summed E-state index contributed by atoms with van der Waals surface area (Å²) in [6.07, 6.45) is 2.09. The molecule has 7 heteroatoms. The molecule has 0 bridgehead atoms. The Morgan fingerprint density at radius 1 is 1.20 bits per heavy atom. The molecular weight excluding hydrogens is 278 g/mol. The Balaban J connectivity index is 2.05. The minimum absolute atomic E-state index is 0.186. The lowest BCUT2D eigenvalue weighted by Crippen LogP contribution is -2.55. The third kappa shape index (κ3) is 2.84. The first kappa shape index (κ1) is 15.7. The largest absolute Gasteiger partial charge is 0.340 e. The predicted octanol–water partition coefficient (Wildman–Crippen LogP) is -0.274. The first-order valence-corrected chi connectivity index (χ1v) is 9.07. The molecule has 1 N–H and O–H groups in total. The summed E-state index contributed by atoms with van der Waals surface area (Å²) >= 11 is 0. The normalized spacial score (nSPS) is 29.1. The lowest BCUT2D eigenvalue weighted by molar-refractivity contribution is -0.145. The van der Waals surface area contributed by atoms with Crippen LogP contribution < -0.4 is 5.32 Å². The fraction of sp³-hybridized carbons (Fsp3) is 0.923. The van der Waals surface area contributed by atoms with Crippen LogP contribution in [-0.4, -0.2) is 69.1 Å². The molecule has 0 aromatic heterocycles. The monoisotopic (exact) mass is 303 g/mol. The molecular formula is C13H25N3O3S. The average molecular weight is 303 g/mol. The Morgan fingerprint density at radius 3 is 2.20 bits per heavy atom. The van der Waals surface area contributed by atoms with Crippen LogP contribution in [0.3, 0.4) is 0 Å². The van der Waals surface area contributed by atoms with Crippen molar-refractivity contribution in [3.63, 3.8) is 0 Å². The van der Waals surface area contributed by atoms with Crippen molar-refractivity contribution in [2.24, 2.45) is 11.3 Å². The van der Waals surface area contributed by atoms with Gasteiger partial charge < -0.3 is 10.2 Å². The Labute approximate surface area is 121 Å². The number of hydrogen-bond donors (Lipinski definition) is 1. The highest BCUT2D eigenvalue weighted by Crippen LogP contribution is 2.36. The number of amides is 1. The highest BCUT2D eigenvalue weighted by Gasteiger charge is 2.46. The van der Waals surface area contributed by atoms with Crippen molar-refractivity contribution < 1.29 is 13.2 Å². The maximum Gasteiger partial charge on any atom is 0.230 e. The van der Waals surface area contributed by atoms with Gasteiger partial charge in [0.1, 0.15) is 0 Å². The van der Waals surface area contributed by atoms with Gasteiger partial charge in [0.25, 0.3) is 0 Å². The third-order valence-electron chi connectivity index (χ3n) is 4.71. The minimum Gasteiger partial charge on any atom is -0.340 e. The molecule has 1 amide bonds. The van der Waals surface area contributed by atoms with E-state index in [2.05, 4.69) is 19.2 Å². The first-order chi connectivity index (χ1) is 9.27. The molecule has 0 radical (unpaired) electrons. The topological polar surface area (TPSA) is 69.7 Å². The van der Waals surface area contributed by atoms with Crippen LogP contribution in [0.5, 0.6) is 0 Å². The van der Waals surface area contributed by atoms with E-state index in [4.69, 9.17) is 0 Å². The van der Waals surface area contributed by atoms with E-state index in [1.165, 1.54) is 10.6 Å². The summed E-state index contributed by atoms with van der Waals surface area (Å²) in [7, 11) is -3.14. The number of sulfonamides is 1. The zero-order valence-electron chi connectivity index (χ0n) is 12.6. The summed E-state index contributed by atoms with van der Waals surface area (Å²) < 4.78 is 24.5. The SMILES string of the molecule is CC(C)C1(C(=O)N2CCN(S(C)(=O)=O)CC2)CCNC1. The Bertz CT molecular complexity index is 461. The zero-order chi connectivity index (χ0) is 15.0. The van der Waals surface area contributed by atoms with Gasteiger partial charge in [0.15, 0.2) is 0 Å². The van der Waals surface area contributed by atoms with Crippen LogP contribution in [-0.2, 0) is 14.8 Å². The van der Waals surface area contributed by atoms with Crippen molar-refractivity contribution in [1.82, 2.24) is 14.5 Å². The van der Waals surface area contributed by atoms with Gasteiger partial charge in [0, 0.05) is 32.7 Å². The van der Waals surface area contributed by atoms with E-state index in [0.29, 0.717) is 26.2 Å². The molecule has 2 saturated heterocycles. The highest BCUT2D eigenvalue weighted by molar-refractivity contribution is 7.88. The molecule has 1 unspecified atom stereocenters. The van der Waals surface area contributed by atoms with Crippen LogP contribution in [0.2, 0.25) is 0 Å². The molecule has 2 aliphatic rings. The molecule has 20 heavy (non-hydrogen) atoms.